The fourth-order valence-electron chi connectivity index (χ4n) is 1.38. The molecule has 0 spiro atoms. The van der Waals surface area contributed by atoms with Crippen LogP contribution in [0.1, 0.15) is 40.0 Å². The largest absolute Gasteiger partial charge is 0.395 e. The van der Waals surface area contributed by atoms with Gasteiger partial charge < -0.3 is 5.11 Å². The molecule has 0 aromatic heterocycles. The highest BCUT2D eigenvalue weighted by Crippen LogP contribution is 2.08. The summed E-state index contributed by atoms with van der Waals surface area (Å²) in [7, 11) is -3.28. The van der Waals surface area contributed by atoms with Gasteiger partial charge in [0.15, 0.2) is 0 Å². The second-order valence-electron chi connectivity index (χ2n) is 4.39. The Bertz CT molecular complexity index is 249. The molecule has 0 amide bonds. The molecule has 0 fully saturated rings. The van der Waals surface area contributed by atoms with Gasteiger partial charge in [0.1, 0.15) is 0 Å². The number of nitrogens with one attached hydrogen (secondary N) is 1. The molecule has 0 aliphatic heterocycles. The lowest BCUT2D eigenvalue weighted by molar-refractivity contribution is 0.318. The first-order chi connectivity index (χ1) is 6.87. The highest BCUT2D eigenvalue weighted by molar-refractivity contribution is 7.89. The van der Waals surface area contributed by atoms with Crippen molar-refractivity contribution in [3.8, 4) is 0 Å². The molecule has 0 radical (unpaired) electrons. The highest BCUT2D eigenvalue weighted by Gasteiger charge is 2.13. The summed E-state index contributed by atoms with van der Waals surface area (Å²) in [6, 6.07) is -0.0414. The Morgan fingerprint density at radius 2 is 1.80 bits per heavy atom. The molecule has 0 heterocycles. The molecule has 2 N–H and O–H groups in total. The summed E-state index contributed by atoms with van der Waals surface area (Å²) in [5, 5.41) is 8.54. The van der Waals surface area contributed by atoms with Crippen LogP contribution >= 0.6 is 0 Å². The van der Waals surface area contributed by atoms with E-state index in [1.807, 2.05) is 6.92 Å². The summed E-state index contributed by atoms with van der Waals surface area (Å²) in [6.07, 6.45) is 3.00. The molecule has 92 valence electrons. The van der Waals surface area contributed by atoms with E-state index in [0.717, 1.165) is 19.3 Å². The van der Waals surface area contributed by atoms with Crippen molar-refractivity contribution in [2.75, 3.05) is 12.4 Å². The van der Waals surface area contributed by atoms with E-state index < -0.39 is 10.0 Å². The number of aliphatic hydroxyl groups excluding tert-OH is 1. The van der Waals surface area contributed by atoms with E-state index in [0.29, 0.717) is 5.92 Å². The molecule has 0 rings (SSSR count). The zero-order chi connectivity index (χ0) is 11.9. The predicted octanol–water partition coefficient (Wildman–Crippen LogP) is 1.11. The third-order valence-electron chi connectivity index (χ3n) is 2.16. The Balaban J connectivity index is 3.78. The maximum atomic E-state index is 11.3. The average Bonchev–Trinajstić information content (AvgIpc) is 2.01. The standard InChI is InChI=1S/C10H23NO3S/c1-9(2)5-4-6-10(3)11-15(13,14)8-7-12/h9-12H,4-8H2,1-3H3. The van der Waals surface area contributed by atoms with Crippen LogP contribution in [0.4, 0.5) is 0 Å². The molecule has 15 heavy (non-hydrogen) atoms. The van der Waals surface area contributed by atoms with Gasteiger partial charge in [-0.2, -0.15) is 0 Å². The van der Waals surface area contributed by atoms with E-state index >= 15 is 0 Å². The molecule has 0 aromatic carbocycles. The van der Waals surface area contributed by atoms with Gasteiger partial charge in [-0.1, -0.05) is 26.7 Å². The van der Waals surface area contributed by atoms with Crippen molar-refractivity contribution in [3.05, 3.63) is 0 Å². The van der Waals surface area contributed by atoms with Crippen molar-refractivity contribution < 1.29 is 13.5 Å². The smallest absolute Gasteiger partial charge is 0.214 e. The second kappa shape index (κ2) is 7.19. The van der Waals surface area contributed by atoms with Gasteiger partial charge in [-0.05, 0) is 19.3 Å². The van der Waals surface area contributed by atoms with Crippen LogP contribution < -0.4 is 4.72 Å². The van der Waals surface area contributed by atoms with Gasteiger partial charge in [-0.3, -0.25) is 0 Å². The van der Waals surface area contributed by atoms with Crippen molar-refractivity contribution in [3.63, 3.8) is 0 Å². The van der Waals surface area contributed by atoms with Crippen LogP contribution in [0.15, 0.2) is 0 Å². The minimum absolute atomic E-state index is 0.0414. The molecule has 0 aromatic rings. The van der Waals surface area contributed by atoms with Gasteiger partial charge in [0, 0.05) is 6.04 Å². The van der Waals surface area contributed by atoms with Crippen molar-refractivity contribution >= 4 is 10.0 Å². The summed E-state index contributed by atoms with van der Waals surface area (Å²) in [4.78, 5) is 0. The Kier molecular flexibility index (Phi) is 7.13. The molecular weight excluding hydrogens is 214 g/mol. The zero-order valence-corrected chi connectivity index (χ0v) is 10.7. The van der Waals surface area contributed by atoms with Gasteiger partial charge in [0.05, 0.1) is 12.4 Å². The first-order valence-corrected chi connectivity index (χ1v) is 7.13. The summed E-state index contributed by atoms with van der Waals surface area (Å²) in [5.41, 5.74) is 0. The van der Waals surface area contributed by atoms with Crippen LogP contribution in [-0.2, 0) is 10.0 Å². The summed E-state index contributed by atoms with van der Waals surface area (Å²) >= 11 is 0. The van der Waals surface area contributed by atoms with Crippen LogP contribution in [0.5, 0.6) is 0 Å². The molecule has 0 aliphatic rings. The van der Waals surface area contributed by atoms with Crippen LogP contribution in [-0.4, -0.2) is 31.9 Å². The quantitative estimate of drug-likeness (QED) is 0.664. The van der Waals surface area contributed by atoms with Gasteiger partial charge in [-0.25, -0.2) is 13.1 Å². The molecular formula is C10H23NO3S. The Hall–Kier alpha value is -0.130. The van der Waals surface area contributed by atoms with E-state index in [4.69, 9.17) is 5.11 Å². The SMILES string of the molecule is CC(C)CCCC(C)NS(=O)(=O)CCO. The number of hydrogen-bond donors (Lipinski definition) is 2. The normalized spacial score (nSPS) is 14.5. The minimum Gasteiger partial charge on any atom is -0.395 e. The van der Waals surface area contributed by atoms with Crippen molar-refractivity contribution in [1.82, 2.24) is 4.72 Å². The van der Waals surface area contributed by atoms with E-state index in [9.17, 15) is 8.42 Å². The molecule has 0 saturated heterocycles. The van der Waals surface area contributed by atoms with Gasteiger partial charge in [0.2, 0.25) is 10.0 Å². The molecule has 1 atom stereocenters. The molecule has 4 nitrogen and oxygen atoms in total. The fraction of sp³-hybridized carbons (Fsp3) is 1.00. The minimum atomic E-state index is -3.28. The summed E-state index contributed by atoms with van der Waals surface area (Å²) < 4.78 is 25.1. The first kappa shape index (κ1) is 14.9. The second-order valence-corrected chi connectivity index (χ2v) is 6.26. The van der Waals surface area contributed by atoms with Crippen molar-refractivity contribution in [2.24, 2.45) is 5.92 Å². The lowest BCUT2D eigenvalue weighted by Gasteiger charge is -2.14. The van der Waals surface area contributed by atoms with Crippen molar-refractivity contribution in [1.29, 1.82) is 0 Å². The molecule has 0 bridgehead atoms. The zero-order valence-electron chi connectivity index (χ0n) is 9.86. The summed E-state index contributed by atoms with van der Waals surface area (Å²) in [5.74, 6) is 0.452. The highest BCUT2D eigenvalue weighted by atomic mass is 32.2. The number of aliphatic hydroxyl groups is 1. The molecule has 5 heteroatoms. The third-order valence-corrected chi connectivity index (χ3v) is 3.64. The Morgan fingerprint density at radius 1 is 1.20 bits per heavy atom. The average molecular weight is 237 g/mol. The van der Waals surface area contributed by atoms with Crippen LogP contribution in [0.25, 0.3) is 0 Å². The third kappa shape index (κ3) is 8.84. The molecule has 0 aliphatic carbocycles. The molecule has 0 saturated carbocycles. The lowest BCUT2D eigenvalue weighted by Crippen LogP contribution is -2.35. The topological polar surface area (TPSA) is 66.4 Å². The van der Waals surface area contributed by atoms with Crippen molar-refractivity contribution in [2.45, 2.75) is 46.1 Å². The number of rotatable bonds is 8. The Morgan fingerprint density at radius 3 is 2.27 bits per heavy atom. The Labute approximate surface area is 93.1 Å². The van der Waals surface area contributed by atoms with Gasteiger partial charge >= 0.3 is 0 Å². The lowest BCUT2D eigenvalue weighted by atomic mass is 10.0. The maximum absolute atomic E-state index is 11.3. The van der Waals surface area contributed by atoms with Gasteiger partial charge in [0.25, 0.3) is 0 Å². The van der Waals surface area contributed by atoms with Crippen LogP contribution in [0.2, 0.25) is 0 Å². The van der Waals surface area contributed by atoms with E-state index in [1.165, 1.54) is 0 Å². The van der Waals surface area contributed by atoms with Crippen LogP contribution in [0, 0.1) is 5.92 Å². The number of hydrogen-bond acceptors (Lipinski definition) is 3. The summed E-state index contributed by atoms with van der Waals surface area (Å²) in [6.45, 7) is 5.84. The number of sulfonamides is 1. The molecule has 1 unspecified atom stereocenters. The van der Waals surface area contributed by atoms with E-state index in [1.54, 1.807) is 0 Å². The van der Waals surface area contributed by atoms with Crippen LogP contribution in [0.3, 0.4) is 0 Å². The monoisotopic (exact) mass is 237 g/mol. The van der Waals surface area contributed by atoms with E-state index in [2.05, 4.69) is 18.6 Å². The fourth-order valence-corrected chi connectivity index (χ4v) is 2.47. The predicted molar refractivity (Wildman–Crippen MR) is 62.2 cm³/mol. The maximum Gasteiger partial charge on any atom is 0.214 e. The van der Waals surface area contributed by atoms with E-state index in [-0.39, 0.29) is 18.4 Å². The first-order valence-electron chi connectivity index (χ1n) is 5.48. The van der Waals surface area contributed by atoms with Gasteiger partial charge in [-0.15, -0.1) is 0 Å².